The van der Waals surface area contributed by atoms with Crippen LogP contribution < -0.4 is 0 Å². The topological polar surface area (TPSA) is 18.5 Å². The summed E-state index contributed by atoms with van der Waals surface area (Å²) in [6, 6.07) is 0. The van der Waals surface area contributed by atoms with Crippen molar-refractivity contribution in [2.45, 2.75) is 27.2 Å². The molecule has 0 spiro atoms. The molecule has 2 heteroatoms. The zero-order chi connectivity index (χ0) is 8.74. The van der Waals surface area contributed by atoms with Crippen molar-refractivity contribution in [2.24, 2.45) is 5.41 Å². The zero-order valence-corrected chi connectivity index (χ0v) is 8.14. The predicted octanol–water partition coefficient (Wildman–Crippen LogP) is 2.09. The van der Waals surface area contributed by atoms with Gasteiger partial charge in [-0.2, -0.15) is 0 Å². The first-order valence-corrected chi connectivity index (χ1v) is 4.13. The molecule has 0 aromatic carbocycles. The highest BCUT2D eigenvalue weighted by atomic mass is 16.5. The average molecular weight is 160 g/mol. The van der Waals surface area contributed by atoms with Gasteiger partial charge in [-0.3, -0.25) is 0 Å². The molecule has 0 aromatic heterocycles. The number of ether oxygens (including phenoxy) is 2. The van der Waals surface area contributed by atoms with Crippen LogP contribution >= 0.6 is 0 Å². The summed E-state index contributed by atoms with van der Waals surface area (Å²) in [5.41, 5.74) is 0.382. The second-order valence-corrected chi connectivity index (χ2v) is 3.92. The van der Waals surface area contributed by atoms with Gasteiger partial charge in [0.25, 0.3) is 0 Å². The number of methoxy groups -OCH3 is 1. The molecule has 0 aromatic rings. The molecule has 0 atom stereocenters. The maximum absolute atomic E-state index is 5.33. The molecule has 0 fully saturated rings. The zero-order valence-electron chi connectivity index (χ0n) is 8.14. The van der Waals surface area contributed by atoms with E-state index in [2.05, 4.69) is 20.8 Å². The van der Waals surface area contributed by atoms with E-state index in [1.807, 2.05) is 0 Å². The molecule has 0 unspecified atom stereocenters. The van der Waals surface area contributed by atoms with Gasteiger partial charge in [-0.1, -0.05) is 20.8 Å². The minimum absolute atomic E-state index is 0.382. The predicted molar refractivity (Wildman–Crippen MR) is 46.8 cm³/mol. The van der Waals surface area contributed by atoms with Crippen molar-refractivity contribution in [3.05, 3.63) is 0 Å². The largest absolute Gasteiger partial charge is 0.382 e. The molecule has 2 nitrogen and oxygen atoms in total. The van der Waals surface area contributed by atoms with Gasteiger partial charge in [0.1, 0.15) is 0 Å². The third-order valence-corrected chi connectivity index (χ3v) is 1.43. The minimum Gasteiger partial charge on any atom is -0.382 e. The molecule has 0 saturated carbocycles. The monoisotopic (exact) mass is 160 g/mol. The average Bonchev–Trinajstić information content (AvgIpc) is 1.85. The van der Waals surface area contributed by atoms with Crippen LogP contribution in [0.25, 0.3) is 0 Å². The van der Waals surface area contributed by atoms with E-state index in [0.29, 0.717) is 18.6 Å². The molecule has 0 N–H and O–H groups in total. The van der Waals surface area contributed by atoms with Crippen LogP contribution in [-0.4, -0.2) is 26.9 Å². The molecule has 0 rings (SSSR count). The Hall–Kier alpha value is -0.0800. The standard InChI is InChI=1S/C9H20O2/c1-9(2,3)5-6-11-8-7-10-4/h5-8H2,1-4H3. The summed E-state index contributed by atoms with van der Waals surface area (Å²) >= 11 is 0. The summed E-state index contributed by atoms with van der Waals surface area (Å²) in [4.78, 5) is 0. The molecule has 0 saturated heterocycles. The van der Waals surface area contributed by atoms with Crippen LogP contribution in [0.2, 0.25) is 0 Å². The molecule has 11 heavy (non-hydrogen) atoms. The maximum atomic E-state index is 5.33. The van der Waals surface area contributed by atoms with E-state index >= 15 is 0 Å². The molecule has 68 valence electrons. The van der Waals surface area contributed by atoms with Crippen LogP contribution in [0.1, 0.15) is 27.2 Å². The molecule has 0 aliphatic heterocycles. The summed E-state index contributed by atoms with van der Waals surface area (Å²) < 4.78 is 10.2. The Bertz CT molecular complexity index is 84.1. The molecule has 0 heterocycles. The third kappa shape index (κ3) is 9.92. The first-order chi connectivity index (χ1) is 5.06. The second kappa shape index (κ2) is 5.56. The minimum atomic E-state index is 0.382. The van der Waals surface area contributed by atoms with Gasteiger partial charge in [0.2, 0.25) is 0 Å². The Labute approximate surface area is 69.9 Å². The molecule has 0 aliphatic carbocycles. The highest BCUT2D eigenvalue weighted by Crippen LogP contribution is 2.17. The summed E-state index contributed by atoms with van der Waals surface area (Å²) in [6.45, 7) is 8.90. The van der Waals surface area contributed by atoms with Crippen LogP contribution in [0.4, 0.5) is 0 Å². The van der Waals surface area contributed by atoms with Gasteiger partial charge in [-0.05, 0) is 11.8 Å². The van der Waals surface area contributed by atoms with Crippen LogP contribution in [0, 0.1) is 5.41 Å². The summed E-state index contributed by atoms with van der Waals surface area (Å²) in [5, 5.41) is 0. The fourth-order valence-corrected chi connectivity index (χ4v) is 0.623. The Kier molecular flexibility index (Phi) is 5.51. The van der Waals surface area contributed by atoms with Gasteiger partial charge in [0, 0.05) is 13.7 Å². The van der Waals surface area contributed by atoms with E-state index in [4.69, 9.17) is 9.47 Å². The van der Waals surface area contributed by atoms with Crippen LogP contribution in [0.5, 0.6) is 0 Å². The van der Waals surface area contributed by atoms with Crippen molar-refractivity contribution in [3.63, 3.8) is 0 Å². The lowest BCUT2D eigenvalue weighted by Gasteiger charge is -2.17. The highest BCUT2D eigenvalue weighted by molar-refractivity contribution is 4.59. The summed E-state index contributed by atoms with van der Waals surface area (Å²) in [7, 11) is 1.69. The third-order valence-electron chi connectivity index (χ3n) is 1.43. The van der Waals surface area contributed by atoms with Crippen molar-refractivity contribution in [1.82, 2.24) is 0 Å². The Morgan fingerprint density at radius 3 is 2.09 bits per heavy atom. The lowest BCUT2D eigenvalue weighted by molar-refractivity contribution is 0.0580. The van der Waals surface area contributed by atoms with Gasteiger partial charge >= 0.3 is 0 Å². The summed E-state index contributed by atoms with van der Waals surface area (Å²) in [6.07, 6.45) is 1.11. The van der Waals surface area contributed by atoms with Crippen molar-refractivity contribution in [2.75, 3.05) is 26.9 Å². The van der Waals surface area contributed by atoms with E-state index < -0.39 is 0 Å². The molecular weight excluding hydrogens is 140 g/mol. The fourth-order valence-electron chi connectivity index (χ4n) is 0.623. The Balaban J connectivity index is 3.02. The lowest BCUT2D eigenvalue weighted by atomic mass is 9.93. The van der Waals surface area contributed by atoms with Gasteiger partial charge in [0.15, 0.2) is 0 Å². The highest BCUT2D eigenvalue weighted by Gasteiger charge is 2.08. The van der Waals surface area contributed by atoms with E-state index in [0.717, 1.165) is 13.0 Å². The van der Waals surface area contributed by atoms with Crippen molar-refractivity contribution in [3.8, 4) is 0 Å². The van der Waals surface area contributed by atoms with Crippen molar-refractivity contribution >= 4 is 0 Å². The number of hydrogen-bond acceptors (Lipinski definition) is 2. The van der Waals surface area contributed by atoms with E-state index in [9.17, 15) is 0 Å². The fraction of sp³-hybridized carbons (Fsp3) is 1.00. The Morgan fingerprint density at radius 2 is 1.64 bits per heavy atom. The van der Waals surface area contributed by atoms with Gasteiger partial charge in [-0.15, -0.1) is 0 Å². The van der Waals surface area contributed by atoms with Gasteiger partial charge in [0.05, 0.1) is 13.2 Å². The van der Waals surface area contributed by atoms with Crippen LogP contribution in [0.15, 0.2) is 0 Å². The second-order valence-electron chi connectivity index (χ2n) is 3.92. The van der Waals surface area contributed by atoms with Gasteiger partial charge in [-0.25, -0.2) is 0 Å². The van der Waals surface area contributed by atoms with Crippen LogP contribution in [0.3, 0.4) is 0 Å². The number of rotatable bonds is 5. The SMILES string of the molecule is COCCOCCC(C)(C)C. The van der Waals surface area contributed by atoms with E-state index in [1.165, 1.54) is 0 Å². The Morgan fingerprint density at radius 1 is 1.00 bits per heavy atom. The van der Waals surface area contributed by atoms with Crippen molar-refractivity contribution < 1.29 is 9.47 Å². The summed E-state index contributed by atoms with van der Waals surface area (Å²) in [5.74, 6) is 0. The smallest absolute Gasteiger partial charge is 0.0700 e. The van der Waals surface area contributed by atoms with Crippen molar-refractivity contribution in [1.29, 1.82) is 0 Å². The first-order valence-electron chi connectivity index (χ1n) is 4.13. The molecule has 0 aliphatic rings. The molecule has 0 amide bonds. The van der Waals surface area contributed by atoms with Gasteiger partial charge < -0.3 is 9.47 Å². The van der Waals surface area contributed by atoms with E-state index in [-0.39, 0.29) is 0 Å². The first kappa shape index (κ1) is 10.9. The number of hydrogen-bond donors (Lipinski definition) is 0. The maximum Gasteiger partial charge on any atom is 0.0700 e. The normalized spacial score (nSPS) is 12.0. The molecular formula is C9H20O2. The quantitative estimate of drug-likeness (QED) is 0.573. The van der Waals surface area contributed by atoms with E-state index in [1.54, 1.807) is 7.11 Å². The molecule has 0 bridgehead atoms. The van der Waals surface area contributed by atoms with Crippen LogP contribution in [-0.2, 0) is 9.47 Å². The molecule has 0 radical (unpaired) electrons. The lowest BCUT2D eigenvalue weighted by Crippen LogP contribution is -2.11.